The molecule has 0 spiro atoms. The topological polar surface area (TPSA) is 33.4 Å². The summed E-state index contributed by atoms with van der Waals surface area (Å²) in [6.45, 7) is 3.29. The molecule has 4 heteroatoms. The Morgan fingerprint density at radius 1 is 1.47 bits per heavy atom. The number of aromatic nitrogens is 3. The maximum Gasteiger partial charge on any atom is 0.155 e. The molecule has 1 saturated heterocycles. The van der Waals surface area contributed by atoms with E-state index in [1.54, 1.807) is 0 Å². The fourth-order valence-corrected chi connectivity index (χ4v) is 2.56. The molecular weight excluding hydrogens is 212 g/mol. The average Bonchev–Trinajstić information content (AvgIpc) is 2.85. The lowest BCUT2D eigenvalue weighted by Crippen LogP contribution is -2.27. The van der Waals surface area contributed by atoms with Gasteiger partial charge in [0.2, 0.25) is 0 Å². The molecule has 0 bridgehead atoms. The largest absolute Gasteiger partial charge is 0.303 e. The molecule has 1 atom stereocenters. The third kappa shape index (κ3) is 2.05. The van der Waals surface area contributed by atoms with Crippen molar-refractivity contribution in [2.24, 2.45) is 0 Å². The van der Waals surface area contributed by atoms with Gasteiger partial charge < -0.3 is 4.90 Å². The zero-order valence-corrected chi connectivity index (χ0v) is 10.4. The number of aryl methyl sites for hydroxylation is 1. The fraction of sp³-hybridized carbons (Fsp3) is 0.538. The van der Waals surface area contributed by atoms with Crippen molar-refractivity contribution < 1.29 is 0 Å². The molecule has 0 N–H and O–H groups in total. The first kappa shape index (κ1) is 10.7. The van der Waals surface area contributed by atoms with Crippen molar-refractivity contribution >= 4 is 5.65 Å². The van der Waals surface area contributed by atoms with Gasteiger partial charge in [-0.2, -0.15) is 5.10 Å². The van der Waals surface area contributed by atoms with Crippen LogP contribution in [-0.4, -0.2) is 39.1 Å². The SMILES string of the molecule is Cc1ccn2nc(CC3CCCN3C)nc2c1. The van der Waals surface area contributed by atoms with E-state index in [4.69, 9.17) is 0 Å². The summed E-state index contributed by atoms with van der Waals surface area (Å²) in [5.74, 6) is 0.967. The van der Waals surface area contributed by atoms with E-state index < -0.39 is 0 Å². The Balaban J connectivity index is 1.85. The molecule has 0 amide bonds. The van der Waals surface area contributed by atoms with Crippen LogP contribution < -0.4 is 0 Å². The van der Waals surface area contributed by atoms with Crippen molar-refractivity contribution in [2.75, 3.05) is 13.6 Å². The summed E-state index contributed by atoms with van der Waals surface area (Å²) < 4.78 is 1.87. The monoisotopic (exact) mass is 230 g/mol. The van der Waals surface area contributed by atoms with Crippen LogP contribution in [-0.2, 0) is 6.42 Å². The van der Waals surface area contributed by atoms with Crippen LogP contribution in [0.2, 0.25) is 0 Å². The van der Waals surface area contributed by atoms with Crippen molar-refractivity contribution in [1.29, 1.82) is 0 Å². The van der Waals surface area contributed by atoms with Crippen molar-refractivity contribution in [2.45, 2.75) is 32.2 Å². The molecule has 1 aliphatic rings. The molecular formula is C13H18N4. The molecule has 0 radical (unpaired) electrons. The van der Waals surface area contributed by atoms with Crippen molar-refractivity contribution in [3.05, 3.63) is 29.7 Å². The van der Waals surface area contributed by atoms with E-state index in [1.165, 1.54) is 24.9 Å². The predicted molar refractivity (Wildman–Crippen MR) is 67.1 cm³/mol. The van der Waals surface area contributed by atoms with E-state index in [-0.39, 0.29) is 0 Å². The number of hydrogen-bond acceptors (Lipinski definition) is 3. The summed E-state index contributed by atoms with van der Waals surface area (Å²) in [4.78, 5) is 7.01. The first-order valence-electron chi connectivity index (χ1n) is 6.24. The van der Waals surface area contributed by atoms with Crippen molar-refractivity contribution in [3.63, 3.8) is 0 Å². The van der Waals surface area contributed by atoms with Gasteiger partial charge >= 0.3 is 0 Å². The molecule has 2 aromatic rings. The molecule has 90 valence electrons. The van der Waals surface area contributed by atoms with Crippen LogP contribution in [0.1, 0.15) is 24.2 Å². The Morgan fingerprint density at radius 2 is 2.35 bits per heavy atom. The zero-order chi connectivity index (χ0) is 11.8. The number of hydrogen-bond donors (Lipinski definition) is 0. The van der Waals surface area contributed by atoms with E-state index in [9.17, 15) is 0 Å². The van der Waals surface area contributed by atoms with Gasteiger partial charge in [0.1, 0.15) is 0 Å². The van der Waals surface area contributed by atoms with E-state index >= 15 is 0 Å². The van der Waals surface area contributed by atoms with Gasteiger partial charge in [0.25, 0.3) is 0 Å². The highest BCUT2D eigenvalue weighted by atomic mass is 15.3. The van der Waals surface area contributed by atoms with E-state index in [0.29, 0.717) is 6.04 Å². The number of likely N-dealkylation sites (N-methyl/N-ethyl adjacent to an activating group) is 1. The molecule has 17 heavy (non-hydrogen) atoms. The summed E-state index contributed by atoms with van der Waals surface area (Å²) in [7, 11) is 2.19. The standard InChI is InChI=1S/C13H18N4/c1-10-5-7-17-13(8-10)14-12(15-17)9-11-4-3-6-16(11)2/h5,7-8,11H,3-4,6,9H2,1-2H3. The summed E-state index contributed by atoms with van der Waals surface area (Å²) in [6.07, 6.45) is 5.52. The van der Waals surface area contributed by atoms with Crippen LogP contribution in [0.3, 0.4) is 0 Å². The number of likely N-dealkylation sites (tertiary alicyclic amines) is 1. The first-order valence-corrected chi connectivity index (χ1v) is 6.24. The van der Waals surface area contributed by atoms with E-state index in [0.717, 1.165) is 17.9 Å². The molecule has 0 aromatic carbocycles. The molecule has 0 saturated carbocycles. The minimum Gasteiger partial charge on any atom is -0.303 e. The average molecular weight is 230 g/mol. The minimum atomic E-state index is 0.619. The molecule has 3 heterocycles. The molecule has 1 unspecified atom stereocenters. The number of pyridine rings is 1. The van der Waals surface area contributed by atoms with Gasteiger partial charge in [-0.25, -0.2) is 9.50 Å². The lowest BCUT2D eigenvalue weighted by molar-refractivity contribution is 0.306. The second-order valence-corrected chi connectivity index (χ2v) is 5.02. The molecule has 1 fully saturated rings. The van der Waals surface area contributed by atoms with Gasteiger partial charge in [0.15, 0.2) is 11.5 Å². The summed E-state index contributed by atoms with van der Waals surface area (Å²) in [5, 5.41) is 4.53. The van der Waals surface area contributed by atoms with Gasteiger partial charge in [0.05, 0.1) is 0 Å². The van der Waals surface area contributed by atoms with Crippen LogP contribution in [0, 0.1) is 6.92 Å². The van der Waals surface area contributed by atoms with Gasteiger partial charge in [-0.3, -0.25) is 0 Å². The summed E-state index contributed by atoms with van der Waals surface area (Å²) >= 11 is 0. The van der Waals surface area contributed by atoms with E-state index in [2.05, 4.69) is 41.1 Å². The molecule has 0 aliphatic carbocycles. The molecule has 1 aliphatic heterocycles. The highest BCUT2D eigenvalue weighted by Crippen LogP contribution is 2.18. The van der Waals surface area contributed by atoms with Crippen LogP contribution in [0.25, 0.3) is 5.65 Å². The van der Waals surface area contributed by atoms with Gasteiger partial charge in [-0.05, 0) is 51.1 Å². The number of fused-ring (bicyclic) bond motifs is 1. The lowest BCUT2D eigenvalue weighted by Gasteiger charge is -2.17. The smallest absolute Gasteiger partial charge is 0.155 e. The maximum absolute atomic E-state index is 4.60. The Bertz CT molecular complexity index is 531. The van der Waals surface area contributed by atoms with E-state index in [1.807, 2.05) is 10.7 Å². The van der Waals surface area contributed by atoms with Crippen LogP contribution in [0.4, 0.5) is 0 Å². The van der Waals surface area contributed by atoms with Gasteiger partial charge in [-0.15, -0.1) is 0 Å². The van der Waals surface area contributed by atoms with Crippen molar-refractivity contribution in [3.8, 4) is 0 Å². The normalized spacial score (nSPS) is 21.4. The first-order chi connectivity index (χ1) is 8.22. The highest BCUT2D eigenvalue weighted by Gasteiger charge is 2.22. The van der Waals surface area contributed by atoms with Crippen LogP contribution >= 0.6 is 0 Å². The van der Waals surface area contributed by atoms with Crippen LogP contribution in [0.5, 0.6) is 0 Å². The summed E-state index contributed by atoms with van der Waals surface area (Å²) in [6, 6.07) is 4.76. The zero-order valence-electron chi connectivity index (χ0n) is 10.4. The third-order valence-corrected chi connectivity index (χ3v) is 3.63. The lowest BCUT2D eigenvalue weighted by atomic mass is 10.1. The van der Waals surface area contributed by atoms with Gasteiger partial charge in [-0.1, -0.05) is 0 Å². The Kier molecular flexibility index (Phi) is 2.59. The Morgan fingerprint density at radius 3 is 3.12 bits per heavy atom. The fourth-order valence-electron chi connectivity index (χ4n) is 2.56. The Labute approximate surface area is 101 Å². The number of nitrogens with zero attached hydrogens (tertiary/aromatic N) is 4. The third-order valence-electron chi connectivity index (χ3n) is 3.63. The van der Waals surface area contributed by atoms with Crippen molar-refractivity contribution in [1.82, 2.24) is 19.5 Å². The molecule has 4 nitrogen and oxygen atoms in total. The Hall–Kier alpha value is -1.42. The summed E-state index contributed by atoms with van der Waals surface area (Å²) in [5.41, 5.74) is 2.19. The second-order valence-electron chi connectivity index (χ2n) is 5.02. The number of rotatable bonds is 2. The quantitative estimate of drug-likeness (QED) is 0.787. The van der Waals surface area contributed by atoms with Crippen LogP contribution in [0.15, 0.2) is 18.3 Å². The van der Waals surface area contributed by atoms with Gasteiger partial charge in [0, 0.05) is 18.7 Å². The molecule has 3 rings (SSSR count). The highest BCUT2D eigenvalue weighted by molar-refractivity contribution is 5.40. The second kappa shape index (κ2) is 4.11. The maximum atomic E-state index is 4.60. The predicted octanol–water partition coefficient (Wildman–Crippen LogP) is 1.67. The molecule has 2 aromatic heterocycles. The minimum absolute atomic E-state index is 0.619.